The summed E-state index contributed by atoms with van der Waals surface area (Å²) in [6.07, 6.45) is 0. The average Bonchev–Trinajstić information content (AvgIpc) is 2.38. The van der Waals surface area contributed by atoms with Crippen molar-refractivity contribution in [1.29, 1.82) is 0 Å². The number of carbonyl (C=O) groups excluding carboxylic acids is 1. The maximum absolute atomic E-state index is 12.3. The second-order valence-electron chi connectivity index (χ2n) is 3.80. The number of carbonyl (C=O) groups is 1. The Morgan fingerprint density at radius 3 is 2.44 bits per heavy atom. The summed E-state index contributed by atoms with van der Waals surface area (Å²) in [6, 6.07) is 12.2. The van der Waals surface area contributed by atoms with Gasteiger partial charge >= 0.3 is 0 Å². The fraction of sp³-hybridized carbons (Fsp3) is 0.0714. The number of ether oxygens (including phenoxy) is 1. The fourth-order valence-electron chi connectivity index (χ4n) is 1.65. The second kappa shape index (κ2) is 5.23. The van der Waals surface area contributed by atoms with Crippen LogP contribution in [0, 0.1) is 0 Å². The topological polar surface area (TPSA) is 52.3 Å². The van der Waals surface area contributed by atoms with Crippen LogP contribution in [0.5, 0.6) is 5.75 Å². The molecule has 2 rings (SSSR count). The van der Waals surface area contributed by atoms with Gasteiger partial charge in [0.15, 0.2) is 5.78 Å². The lowest BCUT2D eigenvalue weighted by molar-refractivity contribution is 0.103. The Labute approximate surface area is 114 Å². The Hall–Kier alpha value is -1.81. The van der Waals surface area contributed by atoms with Crippen LogP contribution in [0.4, 0.5) is 5.69 Å². The molecule has 4 heteroatoms. The third-order valence-electron chi connectivity index (χ3n) is 2.58. The van der Waals surface area contributed by atoms with E-state index in [4.69, 9.17) is 10.5 Å². The summed E-state index contributed by atoms with van der Waals surface area (Å²) >= 11 is 3.34. The minimum atomic E-state index is -0.0839. The minimum absolute atomic E-state index is 0.0839. The molecule has 0 heterocycles. The first-order valence-electron chi connectivity index (χ1n) is 5.35. The number of hydrogen-bond acceptors (Lipinski definition) is 3. The molecule has 2 N–H and O–H groups in total. The first kappa shape index (κ1) is 12.6. The molecule has 2 aromatic rings. The Morgan fingerprint density at radius 2 is 1.83 bits per heavy atom. The standard InChI is InChI=1S/C14H12BrNO2/c1-18-13-8-11(16)6-7-12(13)14(17)9-2-4-10(15)5-3-9/h2-8H,16H2,1H3. The third kappa shape index (κ3) is 2.54. The molecule has 0 amide bonds. The van der Waals surface area contributed by atoms with Crippen molar-refractivity contribution in [2.75, 3.05) is 12.8 Å². The Kier molecular flexibility index (Phi) is 3.67. The Bertz CT molecular complexity index is 579. The average molecular weight is 306 g/mol. The van der Waals surface area contributed by atoms with Gasteiger partial charge in [-0.15, -0.1) is 0 Å². The quantitative estimate of drug-likeness (QED) is 0.699. The summed E-state index contributed by atoms with van der Waals surface area (Å²) in [6.45, 7) is 0. The molecule has 0 aliphatic carbocycles. The van der Waals surface area contributed by atoms with Gasteiger partial charge in [0, 0.05) is 21.8 Å². The van der Waals surface area contributed by atoms with Crippen LogP contribution in [0.1, 0.15) is 15.9 Å². The van der Waals surface area contributed by atoms with Crippen LogP contribution in [0.15, 0.2) is 46.9 Å². The fourth-order valence-corrected chi connectivity index (χ4v) is 1.92. The maximum atomic E-state index is 12.3. The van der Waals surface area contributed by atoms with Crippen LogP contribution in [0.25, 0.3) is 0 Å². The molecule has 0 bridgehead atoms. The highest BCUT2D eigenvalue weighted by molar-refractivity contribution is 9.10. The summed E-state index contributed by atoms with van der Waals surface area (Å²) < 4.78 is 6.12. The van der Waals surface area contributed by atoms with E-state index in [2.05, 4.69) is 15.9 Å². The van der Waals surface area contributed by atoms with E-state index in [1.807, 2.05) is 12.1 Å². The maximum Gasteiger partial charge on any atom is 0.196 e. The number of anilines is 1. The van der Waals surface area contributed by atoms with Gasteiger partial charge in [0.1, 0.15) is 5.75 Å². The van der Waals surface area contributed by atoms with E-state index in [0.29, 0.717) is 22.6 Å². The van der Waals surface area contributed by atoms with Gasteiger partial charge in [-0.2, -0.15) is 0 Å². The molecule has 0 fully saturated rings. The third-order valence-corrected chi connectivity index (χ3v) is 3.11. The number of halogens is 1. The molecular formula is C14H12BrNO2. The van der Waals surface area contributed by atoms with Crippen LogP contribution in [-0.4, -0.2) is 12.9 Å². The molecule has 3 nitrogen and oxygen atoms in total. The molecule has 0 saturated heterocycles. The molecule has 0 aliphatic heterocycles. The number of hydrogen-bond donors (Lipinski definition) is 1. The van der Waals surface area contributed by atoms with Crippen molar-refractivity contribution in [1.82, 2.24) is 0 Å². The van der Waals surface area contributed by atoms with Gasteiger partial charge in [-0.05, 0) is 36.4 Å². The molecule has 0 radical (unpaired) electrons. The highest BCUT2D eigenvalue weighted by Crippen LogP contribution is 2.24. The summed E-state index contributed by atoms with van der Waals surface area (Å²) in [5.41, 5.74) is 7.35. The zero-order chi connectivity index (χ0) is 13.1. The molecule has 18 heavy (non-hydrogen) atoms. The molecule has 0 aliphatic rings. The molecule has 0 atom stereocenters. The summed E-state index contributed by atoms with van der Waals surface area (Å²) in [4.78, 5) is 12.3. The predicted octanol–water partition coefficient (Wildman–Crippen LogP) is 3.27. The van der Waals surface area contributed by atoms with Crippen molar-refractivity contribution in [3.05, 3.63) is 58.1 Å². The molecule has 0 saturated carbocycles. The van der Waals surface area contributed by atoms with Crippen LogP contribution >= 0.6 is 15.9 Å². The van der Waals surface area contributed by atoms with Crippen LogP contribution in [-0.2, 0) is 0 Å². The van der Waals surface area contributed by atoms with Crippen molar-refractivity contribution in [2.45, 2.75) is 0 Å². The van der Waals surface area contributed by atoms with Gasteiger partial charge < -0.3 is 10.5 Å². The van der Waals surface area contributed by atoms with Crippen LogP contribution in [0.3, 0.4) is 0 Å². The molecule has 0 unspecified atom stereocenters. The van der Waals surface area contributed by atoms with Crippen LogP contribution < -0.4 is 10.5 Å². The van der Waals surface area contributed by atoms with Crippen LogP contribution in [0.2, 0.25) is 0 Å². The van der Waals surface area contributed by atoms with Gasteiger partial charge in [-0.25, -0.2) is 0 Å². The number of nitrogen functional groups attached to an aromatic ring is 1. The first-order valence-corrected chi connectivity index (χ1v) is 6.15. The molecule has 0 spiro atoms. The minimum Gasteiger partial charge on any atom is -0.496 e. The van der Waals surface area contributed by atoms with Gasteiger partial charge in [0.05, 0.1) is 12.7 Å². The van der Waals surface area contributed by atoms with E-state index in [-0.39, 0.29) is 5.78 Å². The monoisotopic (exact) mass is 305 g/mol. The Morgan fingerprint density at radius 1 is 1.17 bits per heavy atom. The Balaban J connectivity index is 2.42. The van der Waals surface area contributed by atoms with E-state index in [9.17, 15) is 4.79 Å². The lowest BCUT2D eigenvalue weighted by atomic mass is 10.0. The zero-order valence-corrected chi connectivity index (χ0v) is 11.4. The van der Waals surface area contributed by atoms with Gasteiger partial charge in [-0.1, -0.05) is 15.9 Å². The second-order valence-corrected chi connectivity index (χ2v) is 4.71. The smallest absolute Gasteiger partial charge is 0.196 e. The largest absolute Gasteiger partial charge is 0.496 e. The van der Waals surface area contributed by atoms with E-state index in [1.54, 1.807) is 30.3 Å². The summed E-state index contributed by atoms with van der Waals surface area (Å²) in [5.74, 6) is 0.405. The molecule has 2 aromatic carbocycles. The molecular weight excluding hydrogens is 294 g/mol. The SMILES string of the molecule is COc1cc(N)ccc1C(=O)c1ccc(Br)cc1. The number of methoxy groups -OCH3 is 1. The van der Waals surface area contributed by atoms with Crippen molar-refractivity contribution in [2.24, 2.45) is 0 Å². The predicted molar refractivity (Wildman–Crippen MR) is 75.0 cm³/mol. The van der Waals surface area contributed by atoms with E-state index in [1.165, 1.54) is 7.11 Å². The highest BCUT2D eigenvalue weighted by atomic mass is 79.9. The first-order chi connectivity index (χ1) is 8.61. The van der Waals surface area contributed by atoms with Gasteiger partial charge in [0.25, 0.3) is 0 Å². The van der Waals surface area contributed by atoms with Gasteiger partial charge in [-0.3, -0.25) is 4.79 Å². The number of ketones is 1. The zero-order valence-electron chi connectivity index (χ0n) is 9.81. The molecule has 92 valence electrons. The van der Waals surface area contributed by atoms with Crippen molar-refractivity contribution >= 4 is 27.4 Å². The van der Waals surface area contributed by atoms with Crippen molar-refractivity contribution < 1.29 is 9.53 Å². The number of benzene rings is 2. The lowest BCUT2D eigenvalue weighted by Gasteiger charge is -2.08. The highest BCUT2D eigenvalue weighted by Gasteiger charge is 2.14. The van der Waals surface area contributed by atoms with Crippen molar-refractivity contribution in [3.63, 3.8) is 0 Å². The number of rotatable bonds is 3. The normalized spacial score (nSPS) is 10.1. The molecule has 0 aromatic heterocycles. The van der Waals surface area contributed by atoms with E-state index < -0.39 is 0 Å². The van der Waals surface area contributed by atoms with E-state index in [0.717, 1.165) is 4.47 Å². The lowest BCUT2D eigenvalue weighted by Crippen LogP contribution is -2.04. The van der Waals surface area contributed by atoms with Crippen molar-refractivity contribution in [3.8, 4) is 5.75 Å². The number of nitrogens with two attached hydrogens (primary N) is 1. The van der Waals surface area contributed by atoms with Gasteiger partial charge in [0.2, 0.25) is 0 Å². The summed E-state index contributed by atoms with van der Waals surface area (Å²) in [5, 5.41) is 0. The summed E-state index contributed by atoms with van der Waals surface area (Å²) in [7, 11) is 1.52. The van der Waals surface area contributed by atoms with E-state index >= 15 is 0 Å².